The number of rotatable bonds is 2. The van der Waals surface area contributed by atoms with Gasteiger partial charge in [-0.2, -0.15) is 0 Å². The molecule has 2 heterocycles. The summed E-state index contributed by atoms with van der Waals surface area (Å²) in [6, 6.07) is 3.80. The highest BCUT2D eigenvalue weighted by atomic mass is 19.3. The van der Waals surface area contributed by atoms with Gasteiger partial charge in [-0.25, -0.2) is 8.78 Å². The molecule has 2 aliphatic rings. The third-order valence-corrected chi connectivity index (χ3v) is 4.58. The predicted octanol–water partition coefficient (Wildman–Crippen LogP) is 2.97. The highest BCUT2D eigenvalue weighted by Crippen LogP contribution is 2.49. The van der Waals surface area contributed by atoms with Crippen LogP contribution in [-0.2, 0) is 17.8 Å². The van der Waals surface area contributed by atoms with E-state index in [9.17, 15) is 13.9 Å². The number of aromatic hydroxyl groups is 1. The number of anilines is 1. The van der Waals surface area contributed by atoms with Gasteiger partial charge in [0.2, 0.25) is 0 Å². The first-order chi connectivity index (χ1) is 11.0. The van der Waals surface area contributed by atoms with E-state index in [0.29, 0.717) is 30.1 Å². The summed E-state index contributed by atoms with van der Waals surface area (Å²) in [6.45, 7) is 0.361. The van der Waals surface area contributed by atoms with Crippen molar-refractivity contribution < 1.29 is 18.6 Å². The quantitative estimate of drug-likeness (QED) is 0.889. The van der Waals surface area contributed by atoms with Crippen molar-refractivity contribution in [3.05, 3.63) is 34.9 Å². The monoisotopic (exact) mass is 319 g/mol. The van der Waals surface area contributed by atoms with E-state index >= 15 is 0 Å². The first-order valence-corrected chi connectivity index (χ1v) is 7.38. The molecular weight excluding hydrogens is 304 g/mol. The minimum Gasteiger partial charge on any atom is -0.507 e. The van der Waals surface area contributed by atoms with Gasteiger partial charge in [0, 0.05) is 23.1 Å². The van der Waals surface area contributed by atoms with Crippen LogP contribution in [0, 0.1) is 0 Å². The Balaban J connectivity index is 1.84. The number of hydrogen-bond donors (Lipinski definition) is 2. The lowest BCUT2D eigenvalue weighted by Gasteiger charge is -2.27. The molecule has 0 unspecified atom stereocenters. The number of phenolic OH excluding ortho intramolecular Hbond substituents is 1. The lowest BCUT2D eigenvalue weighted by Crippen LogP contribution is -2.26. The van der Waals surface area contributed by atoms with Crippen LogP contribution >= 0.6 is 0 Å². The zero-order chi connectivity index (χ0) is 16.2. The van der Waals surface area contributed by atoms with E-state index in [2.05, 4.69) is 10.2 Å². The van der Waals surface area contributed by atoms with Crippen molar-refractivity contribution in [2.75, 3.05) is 5.73 Å². The van der Waals surface area contributed by atoms with Crippen molar-refractivity contribution in [2.24, 2.45) is 0 Å². The molecule has 5 nitrogen and oxygen atoms in total. The number of alkyl halides is 2. The van der Waals surface area contributed by atoms with Crippen LogP contribution < -0.4 is 5.73 Å². The van der Waals surface area contributed by atoms with E-state index in [1.165, 1.54) is 12.1 Å². The molecule has 0 bridgehead atoms. The highest BCUT2D eigenvalue weighted by molar-refractivity contribution is 5.72. The molecule has 7 heteroatoms. The Morgan fingerprint density at radius 2 is 2.00 bits per heavy atom. The van der Waals surface area contributed by atoms with Gasteiger partial charge in [0.15, 0.2) is 5.82 Å². The fourth-order valence-corrected chi connectivity index (χ4v) is 3.03. The molecule has 1 saturated carbocycles. The zero-order valence-corrected chi connectivity index (χ0v) is 12.2. The molecule has 1 aliphatic heterocycles. The minimum absolute atomic E-state index is 0.157. The first-order valence-electron chi connectivity index (χ1n) is 7.38. The molecule has 1 spiro atoms. The molecule has 4 rings (SSSR count). The van der Waals surface area contributed by atoms with Gasteiger partial charge in [0.05, 0.1) is 12.2 Å². The predicted molar refractivity (Wildman–Crippen MR) is 79.0 cm³/mol. The van der Waals surface area contributed by atoms with Crippen molar-refractivity contribution in [1.82, 2.24) is 10.2 Å². The van der Waals surface area contributed by atoms with Gasteiger partial charge in [-0.1, -0.05) is 6.07 Å². The second kappa shape index (κ2) is 4.86. The van der Waals surface area contributed by atoms with E-state index < -0.39 is 6.43 Å². The van der Waals surface area contributed by atoms with Crippen molar-refractivity contribution in [2.45, 2.75) is 37.9 Å². The normalized spacial score (nSPS) is 18.2. The Morgan fingerprint density at radius 1 is 1.22 bits per heavy atom. The summed E-state index contributed by atoms with van der Waals surface area (Å²) in [5.74, 6) is 0.0725. The number of nitrogen functional groups attached to an aromatic ring is 1. The molecule has 1 aromatic carbocycles. The first kappa shape index (κ1) is 14.3. The molecule has 1 aromatic heterocycles. The van der Waals surface area contributed by atoms with Crippen LogP contribution in [0.15, 0.2) is 18.2 Å². The summed E-state index contributed by atoms with van der Waals surface area (Å²) in [5.41, 5.74) is 8.03. The topological polar surface area (TPSA) is 81.3 Å². The summed E-state index contributed by atoms with van der Waals surface area (Å²) in [7, 11) is 0. The maximum atomic E-state index is 12.7. The number of halogens is 2. The van der Waals surface area contributed by atoms with Crippen LogP contribution in [0.25, 0.3) is 11.3 Å². The minimum atomic E-state index is -2.63. The van der Waals surface area contributed by atoms with Crippen LogP contribution in [0.2, 0.25) is 0 Å². The zero-order valence-electron chi connectivity index (χ0n) is 12.2. The van der Waals surface area contributed by atoms with Gasteiger partial charge in [0.25, 0.3) is 6.43 Å². The van der Waals surface area contributed by atoms with E-state index in [0.717, 1.165) is 30.0 Å². The van der Waals surface area contributed by atoms with Crippen LogP contribution in [0.1, 0.15) is 36.0 Å². The van der Waals surface area contributed by atoms with Crippen molar-refractivity contribution >= 4 is 5.82 Å². The summed E-state index contributed by atoms with van der Waals surface area (Å²) in [4.78, 5) is 0. The molecule has 0 atom stereocenters. The van der Waals surface area contributed by atoms with Gasteiger partial charge in [-0.3, -0.25) is 0 Å². The van der Waals surface area contributed by atoms with Crippen molar-refractivity contribution in [3.63, 3.8) is 0 Å². The molecule has 2 aromatic rings. The lowest BCUT2D eigenvalue weighted by atomic mass is 9.93. The van der Waals surface area contributed by atoms with Gasteiger partial charge >= 0.3 is 0 Å². The van der Waals surface area contributed by atoms with Gasteiger partial charge < -0.3 is 15.6 Å². The molecule has 23 heavy (non-hydrogen) atoms. The Labute approximate surface area is 131 Å². The Morgan fingerprint density at radius 3 is 2.65 bits per heavy atom. The maximum Gasteiger partial charge on any atom is 0.263 e. The SMILES string of the molecule is Nc1nnc(-c2ccc(C(F)F)cc2O)c2c1COC1(CC1)C2. The number of nitrogens with zero attached hydrogens (tertiary/aromatic N) is 2. The molecule has 1 fully saturated rings. The summed E-state index contributed by atoms with van der Waals surface area (Å²) >= 11 is 0. The van der Waals surface area contributed by atoms with Gasteiger partial charge in [-0.15, -0.1) is 10.2 Å². The number of ether oxygens (including phenoxy) is 1. The van der Waals surface area contributed by atoms with Crippen molar-refractivity contribution in [3.8, 4) is 17.0 Å². The van der Waals surface area contributed by atoms with Crippen molar-refractivity contribution in [1.29, 1.82) is 0 Å². The number of benzene rings is 1. The standard InChI is InChI=1S/C16H15F2N3O2/c17-14(18)8-1-2-9(12(22)5-8)13-10-6-16(3-4-16)23-7-11(10)15(19)21-20-13/h1-2,5,14,22H,3-4,6-7H2,(H2,19,21). The third-order valence-electron chi connectivity index (χ3n) is 4.58. The lowest BCUT2D eigenvalue weighted by molar-refractivity contribution is 0.00838. The van der Waals surface area contributed by atoms with E-state index in [-0.39, 0.29) is 16.9 Å². The average molecular weight is 319 g/mol. The Hall–Kier alpha value is -2.28. The Kier molecular flexibility index (Phi) is 3.02. The number of aromatic nitrogens is 2. The Bertz CT molecular complexity index is 791. The molecule has 0 saturated heterocycles. The third kappa shape index (κ3) is 2.31. The smallest absolute Gasteiger partial charge is 0.263 e. The number of nitrogens with two attached hydrogens (primary N) is 1. The van der Waals surface area contributed by atoms with Crippen LogP contribution in [0.4, 0.5) is 14.6 Å². The van der Waals surface area contributed by atoms with Crippen LogP contribution in [0.5, 0.6) is 5.75 Å². The number of phenols is 1. The molecule has 3 N–H and O–H groups in total. The molecule has 120 valence electrons. The highest BCUT2D eigenvalue weighted by Gasteiger charge is 2.48. The second-order valence-electron chi connectivity index (χ2n) is 6.12. The maximum absolute atomic E-state index is 12.7. The fraction of sp³-hybridized carbons (Fsp3) is 0.375. The molecule has 0 amide bonds. The largest absolute Gasteiger partial charge is 0.507 e. The summed E-state index contributed by atoms with van der Waals surface area (Å²) in [5, 5.41) is 18.2. The van der Waals surface area contributed by atoms with Crippen LogP contribution in [0.3, 0.4) is 0 Å². The van der Waals surface area contributed by atoms with Crippen LogP contribution in [-0.4, -0.2) is 20.9 Å². The molecule has 1 aliphatic carbocycles. The summed E-state index contributed by atoms with van der Waals surface area (Å²) < 4.78 is 31.3. The summed E-state index contributed by atoms with van der Waals surface area (Å²) in [6.07, 6.45) is -0.0353. The van der Waals surface area contributed by atoms with Gasteiger partial charge in [0.1, 0.15) is 11.4 Å². The van der Waals surface area contributed by atoms with E-state index in [1.807, 2.05) is 0 Å². The van der Waals surface area contributed by atoms with E-state index in [1.54, 1.807) is 0 Å². The number of fused-ring (bicyclic) bond motifs is 1. The van der Waals surface area contributed by atoms with Gasteiger partial charge in [-0.05, 0) is 30.5 Å². The number of hydrogen-bond acceptors (Lipinski definition) is 5. The second-order valence-corrected chi connectivity index (χ2v) is 6.12. The molecule has 0 radical (unpaired) electrons. The average Bonchev–Trinajstić information content (AvgIpc) is 3.27. The molecular formula is C16H15F2N3O2. The fourth-order valence-electron chi connectivity index (χ4n) is 3.03. The van der Waals surface area contributed by atoms with E-state index in [4.69, 9.17) is 10.5 Å².